The Labute approximate surface area is 231 Å². The summed E-state index contributed by atoms with van der Waals surface area (Å²) < 4.78 is 25.7. The Kier molecular flexibility index (Phi) is 6.50. The van der Waals surface area contributed by atoms with Crippen molar-refractivity contribution in [2.75, 3.05) is 43.9 Å². The average molecular weight is 544 g/mol. The standard InChI is InChI=1S/C31H37N5O2S/c1-22(2)19-35-20-31(21-35)13-15-36(16-14-31)25-9-5-23(6-10-25)27-17-29-28(18-32-27)33-30(34(29)3)24-7-11-26(12-8-24)39(4,37)38/h5-12,17-18,22H,13-16,19-21H2,1-4H3. The highest BCUT2D eigenvalue weighted by Gasteiger charge is 2.44. The van der Waals surface area contributed by atoms with Gasteiger partial charge in [0.2, 0.25) is 0 Å². The highest BCUT2D eigenvalue weighted by atomic mass is 32.2. The molecule has 2 fully saturated rings. The van der Waals surface area contributed by atoms with Gasteiger partial charge in [0.1, 0.15) is 11.3 Å². The molecule has 2 saturated heterocycles. The van der Waals surface area contributed by atoms with E-state index in [1.807, 2.05) is 17.8 Å². The van der Waals surface area contributed by atoms with Crippen LogP contribution in [0.15, 0.2) is 65.7 Å². The van der Waals surface area contributed by atoms with Crippen molar-refractivity contribution < 1.29 is 8.42 Å². The van der Waals surface area contributed by atoms with Gasteiger partial charge < -0.3 is 14.4 Å². The van der Waals surface area contributed by atoms with Gasteiger partial charge in [-0.1, -0.05) is 26.0 Å². The molecule has 0 N–H and O–H groups in total. The lowest BCUT2D eigenvalue weighted by molar-refractivity contribution is -0.0247. The summed E-state index contributed by atoms with van der Waals surface area (Å²) in [6.45, 7) is 10.6. The van der Waals surface area contributed by atoms with Crippen molar-refractivity contribution in [1.29, 1.82) is 0 Å². The predicted octanol–water partition coefficient (Wildman–Crippen LogP) is 5.26. The first kappa shape index (κ1) is 26.0. The quantitative estimate of drug-likeness (QED) is 0.330. The third-order valence-electron chi connectivity index (χ3n) is 8.40. The Balaban J connectivity index is 1.16. The molecule has 4 heterocycles. The van der Waals surface area contributed by atoms with Crippen molar-refractivity contribution in [1.82, 2.24) is 19.4 Å². The molecule has 2 aliphatic heterocycles. The molecule has 2 aromatic carbocycles. The van der Waals surface area contributed by atoms with E-state index in [-0.39, 0.29) is 0 Å². The lowest BCUT2D eigenvalue weighted by atomic mass is 9.71. The number of aryl methyl sites for hydroxylation is 1. The lowest BCUT2D eigenvalue weighted by Gasteiger charge is -2.55. The molecule has 204 valence electrons. The van der Waals surface area contributed by atoms with E-state index in [9.17, 15) is 8.42 Å². The number of hydrogen-bond donors (Lipinski definition) is 0. The summed E-state index contributed by atoms with van der Waals surface area (Å²) in [5.41, 5.74) is 6.48. The van der Waals surface area contributed by atoms with Crippen LogP contribution in [-0.4, -0.2) is 66.8 Å². The van der Waals surface area contributed by atoms with Gasteiger partial charge in [-0.3, -0.25) is 4.98 Å². The van der Waals surface area contributed by atoms with Gasteiger partial charge in [-0.2, -0.15) is 0 Å². The summed E-state index contributed by atoms with van der Waals surface area (Å²) in [7, 11) is -1.25. The van der Waals surface area contributed by atoms with Gasteiger partial charge in [0.05, 0.1) is 22.3 Å². The molecule has 8 heteroatoms. The van der Waals surface area contributed by atoms with Crippen LogP contribution in [-0.2, 0) is 16.9 Å². The van der Waals surface area contributed by atoms with E-state index >= 15 is 0 Å². The van der Waals surface area contributed by atoms with Crippen LogP contribution < -0.4 is 4.90 Å². The molecule has 0 saturated carbocycles. The largest absolute Gasteiger partial charge is 0.371 e. The number of pyridine rings is 1. The second kappa shape index (κ2) is 9.75. The van der Waals surface area contributed by atoms with Crippen molar-refractivity contribution in [2.45, 2.75) is 31.6 Å². The number of anilines is 1. The minimum absolute atomic E-state index is 0.304. The van der Waals surface area contributed by atoms with Crippen LogP contribution in [0, 0.1) is 11.3 Å². The fourth-order valence-electron chi connectivity index (χ4n) is 6.31. The Morgan fingerprint density at radius 3 is 2.21 bits per heavy atom. The number of hydrogen-bond acceptors (Lipinski definition) is 6. The van der Waals surface area contributed by atoms with E-state index in [1.54, 1.807) is 24.3 Å². The lowest BCUT2D eigenvalue weighted by Crippen LogP contribution is -2.60. The SMILES string of the molecule is CC(C)CN1CC2(CCN(c3ccc(-c4cc5c(cn4)nc(-c4ccc(S(C)(=O)=O)cc4)n5C)cc3)CC2)C1. The number of likely N-dealkylation sites (tertiary alicyclic amines) is 1. The smallest absolute Gasteiger partial charge is 0.175 e. The third-order valence-corrected chi connectivity index (χ3v) is 9.53. The monoisotopic (exact) mass is 543 g/mol. The van der Waals surface area contributed by atoms with Crippen molar-refractivity contribution in [3.8, 4) is 22.6 Å². The molecule has 4 aromatic rings. The predicted molar refractivity (Wildman–Crippen MR) is 158 cm³/mol. The summed E-state index contributed by atoms with van der Waals surface area (Å²) in [4.78, 5) is 14.9. The second-order valence-electron chi connectivity index (χ2n) is 11.9. The normalized spacial score (nSPS) is 17.7. The topological polar surface area (TPSA) is 71.3 Å². The maximum absolute atomic E-state index is 11.8. The van der Waals surface area contributed by atoms with E-state index in [4.69, 9.17) is 9.97 Å². The van der Waals surface area contributed by atoms with Crippen LogP contribution in [0.3, 0.4) is 0 Å². The van der Waals surface area contributed by atoms with Gasteiger partial charge in [0.15, 0.2) is 9.84 Å². The summed E-state index contributed by atoms with van der Waals surface area (Å²) in [6, 6.07) is 17.7. The first-order valence-electron chi connectivity index (χ1n) is 13.8. The summed E-state index contributed by atoms with van der Waals surface area (Å²) in [6.07, 6.45) is 5.59. The number of piperidine rings is 1. The van der Waals surface area contributed by atoms with E-state index in [2.05, 4.69) is 54.0 Å². The van der Waals surface area contributed by atoms with Crippen LogP contribution in [0.4, 0.5) is 5.69 Å². The van der Waals surface area contributed by atoms with Gasteiger partial charge in [0, 0.05) is 62.8 Å². The van der Waals surface area contributed by atoms with Crippen LogP contribution in [0.25, 0.3) is 33.7 Å². The second-order valence-corrected chi connectivity index (χ2v) is 14.0. The van der Waals surface area contributed by atoms with Crippen molar-refractivity contribution in [3.63, 3.8) is 0 Å². The van der Waals surface area contributed by atoms with Crippen molar-refractivity contribution in [3.05, 3.63) is 60.8 Å². The Morgan fingerprint density at radius 2 is 1.59 bits per heavy atom. The van der Waals surface area contributed by atoms with Crippen LogP contribution in [0.1, 0.15) is 26.7 Å². The number of sulfone groups is 1. The van der Waals surface area contributed by atoms with Gasteiger partial charge >= 0.3 is 0 Å². The molecule has 6 rings (SSSR count). The van der Waals surface area contributed by atoms with Crippen LogP contribution in [0.2, 0.25) is 0 Å². The van der Waals surface area contributed by atoms with Crippen molar-refractivity contribution in [2.24, 2.45) is 18.4 Å². The molecule has 0 unspecified atom stereocenters. The molecule has 7 nitrogen and oxygen atoms in total. The molecule has 1 spiro atoms. The molecule has 0 amide bonds. The number of nitrogens with zero attached hydrogens (tertiary/aromatic N) is 5. The number of benzene rings is 2. The van der Waals surface area contributed by atoms with E-state index in [0.29, 0.717) is 10.3 Å². The molecule has 39 heavy (non-hydrogen) atoms. The molecule has 2 aromatic heterocycles. The Bertz CT molecular complexity index is 1590. The Morgan fingerprint density at radius 1 is 0.949 bits per heavy atom. The maximum atomic E-state index is 11.8. The first-order valence-corrected chi connectivity index (χ1v) is 15.7. The molecular formula is C31H37N5O2S. The zero-order valence-corrected chi connectivity index (χ0v) is 24.1. The number of aromatic nitrogens is 3. The van der Waals surface area contributed by atoms with Crippen molar-refractivity contribution >= 4 is 26.6 Å². The zero-order chi connectivity index (χ0) is 27.4. The maximum Gasteiger partial charge on any atom is 0.175 e. The highest BCUT2D eigenvalue weighted by molar-refractivity contribution is 7.90. The Hall–Kier alpha value is -3.23. The summed E-state index contributed by atoms with van der Waals surface area (Å²) in [5.74, 6) is 1.53. The van der Waals surface area contributed by atoms with E-state index in [1.165, 1.54) is 44.4 Å². The number of imidazole rings is 1. The van der Waals surface area contributed by atoms with Crippen LogP contribution >= 0.6 is 0 Å². The minimum atomic E-state index is -3.23. The van der Waals surface area contributed by atoms with Gasteiger partial charge in [-0.05, 0) is 66.6 Å². The molecule has 0 atom stereocenters. The molecular weight excluding hydrogens is 506 g/mol. The highest BCUT2D eigenvalue weighted by Crippen LogP contribution is 2.41. The average Bonchev–Trinajstić information content (AvgIpc) is 3.23. The molecule has 0 aliphatic carbocycles. The van der Waals surface area contributed by atoms with Crippen LogP contribution in [0.5, 0.6) is 0 Å². The van der Waals surface area contributed by atoms with E-state index < -0.39 is 9.84 Å². The van der Waals surface area contributed by atoms with Gasteiger partial charge in [-0.15, -0.1) is 0 Å². The van der Waals surface area contributed by atoms with Gasteiger partial charge in [-0.25, -0.2) is 13.4 Å². The molecule has 0 bridgehead atoms. The summed E-state index contributed by atoms with van der Waals surface area (Å²) >= 11 is 0. The first-order chi connectivity index (χ1) is 18.6. The fourth-order valence-corrected chi connectivity index (χ4v) is 6.94. The molecule has 0 radical (unpaired) electrons. The third kappa shape index (κ3) is 5.08. The molecule has 2 aliphatic rings. The number of rotatable bonds is 6. The van der Waals surface area contributed by atoms with Gasteiger partial charge in [0.25, 0.3) is 0 Å². The van der Waals surface area contributed by atoms with E-state index in [0.717, 1.165) is 52.7 Å². The zero-order valence-electron chi connectivity index (χ0n) is 23.3. The fraction of sp³-hybridized carbons (Fsp3) is 0.419. The number of fused-ring (bicyclic) bond motifs is 1. The minimum Gasteiger partial charge on any atom is -0.371 e. The summed E-state index contributed by atoms with van der Waals surface area (Å²) in [5, 5.41) is 0.